The predicted octanol–water partition coefficient (Wildman–Crippen LogP) is 3.97. The number of thiophene rings is 1. The van der Waals surface area contributed by atoms with Gasteiger partial charge in [0, 0.05) is 10.4 Å². The van der Waals surface area contributed by atoms with Crippen LogP contribution < -0.4 is 10.6 Å². The lowest BCUT2D eigenvalue weighted by Crippen LogP contribution is -2.36. The van der Waals surface area contributed by atoms with Gasteiger partial charge < -0.3 is 20.1 Å². The van der Waals surface area contributed by atoms with E-state index >= 15 is 0 Å². The van der Waals surface area contributed by atoms with E-state index < -0.39 is 29.9 Å². The van der Waals surface area contributed by atoms with Crippen LogP contribution in [0, 0.1) is 19.8 Å². The molecule has 188 valence electrons. The smallest absolute Gasteiger partial charge is 0.341 e. The average molecular weight is 501 g/mol. The third-order valence-corrected chi connectivity index (χ3v) is 6.95. The third-order valence-electron chi connectivity index (χ3n) is 5.78. The lowest BCUT2D eigenvalue weighted by molar-refractivity contribution is -0.152. The Hall–Kier alpha value is -3.20. The SMILES string of the molecule is CCOC(=O)c1c(NC(=O)[C@H](C)OC(=O)CNC(=O)c2cc(C)cc(C)c2)sc2c1CC[C@@H](C)C2. The van der Waals surface area contributed by atoms with Crippen molar-refractivity contribution in [3.8, 4) is 0 Å². The van der Waals surface area contributed by atoms with Gasteiger partial charge in [-0.2, -0.15) is 0 Å². The first kappa shape index (κ1) is 26.4. The van der Waals surface area contributed by atoms with Gasteiger partial charge in [0.1, 0.15) is 11.5 Å². The van der Waals surface area contributed by atoms with Crippen LogP contribution in [0.1, 0.15) is 69.5 Å². The maximum atomic E-state index is 12.8. The van der Waals surface area contributed by atoms with E-state index in [1.807, 2.05) is 19.9 Å². The van der Waals surface area contributed by atoms with Gasteiger partial charge in [-0.3, -0.25) is 14.4 Å². The van der Waals surface area contributed by atoms with Crippen molar-refractivity contribution in [2.45, 2.75) is 60.0 Å². The highest BCUT2D eigenvalue weighted by Crippen LogP contribution is 2.40. The number of ether oxygens (including phenoxy) is 2. The lowest BCUT2D eigenvalue weighted by Gasteiger charge is -2.18. The molecule has 0 spiro atoms. The molecule has 0 bridgehead atoms. The van der Waals surface area contributed by atoms with Gasteiger partial charge in [-0.25, -0.2) is 4.79 Å². The summed E-state index contributed by atoms with van der Waals surface area (Å²) in [7, 11) is 0. The van der Waals surface area contributed by atoms with Crippen LogP contribution in [-0.2, 0) is 31.9 Å². The van der Waals surface area contributed by atoms with E-state index in [1.165, 1.54) is 18.3 Å². The molecule has 1 aromatic carbocycles. The lowest BCUT2D eigenvalue weighted by atomic mass is 9.88. The van der Waals surface area contributed by atoms with Gasteiger partial charge in [-0.15, -0.1) is 11.3 Å². The highest BCUT2D eigenvalue weighted by molar-refractivity contribution is 7.17. The van der Waals surface area contributed by atoms with E-state index in [1.54, 1.807) is 19.1 Å². The minimum atomic E-state index is -1.12. The summed E-state index contributed by atoms with van der Waals surface area (Å²) in [6.45, 7) is 8.96. The van der Waals surface area contributed by atoms with E-state index in [0.29, 0.717) is 22.0 Å². The minimum absolute atomic E-state index is 0.231. The van der Waals surface area contributed by atoms with E-state index in [-0.39, 0.29) is 13.2 Å². The number of fused-ring (bicyclic) bond motifs is 1. The molecule has 2 amide bonds. The molecule has 2 aromatic rings. The molecule has 0 unspecified atom stereocenters. The zero-order valence-electron chi connectivity index (χ0n) is 20.8. The van der Waals surface area contributed by atoms with Crippen LogP contribution in [0.25, 0.3) is 0 Å². The molecule has 1 aromatic heterocycles. The number of amides is 2. The molecule has 1 aliphatic rings. The molecule has 1 heterocycles. The zero-order chi connectivity index (χ0) is 25.7. The molecule has 2 N–H and O–H groups in total. The zero-order valence-corrected chi connectivity index (χ0v) is 21.6. The molecule has 0 radical (unpaired) electrons. The van der Waals surface area contributed by atoms with Crippen molar-refractivity contribution in [2.75, 3.05) is 18.5 Å². The Balaban J connectivity index is 1.61. The number of rotatable bonds is 8. The van der Waals surface area contributed by atoms with Crippen molar-refractivity contribution in [1.29, 1.82) is 0 Å². The Bertz CT molecular complexity index is 1120. The summed E-state index contributed by atoms with van der Waals surface area (Å²) in [5.74, 6) is -1.66. The predicted molar refractivity (Wildman–Crippen MR) is 134 cm³/mol. The number of aryl methyl sites for hydroxylation is 2. The summed E-state index contributed by atoms with van der Waals surface area (Å²) in [6.07, 6.45) is 1.44. The van der Waals surface area contributed by atoms with Crippen LogP contribution in [0.4, 0.5) is 5.00 Å². The second-order valence-corrected chi connectivity index (χ2v) is 10.1. The molecule has 2 atom stereocenters. The highest BCUT2D eigenvalue weighted by Gasteiger charge is 2.30. The monoisotopic (exact) mass is 500 g/mol. The van der Waals surface area contributed by atoms with Crippen LogP contribution in [0.3, 0.4) is 0 Å². The van der Waals surface area contributed by atoms with E-state index in [4.69, 9.17) is 9.47 Å². The summed E-state index contributed by atoms with van der Waals surface area (Å²) < 4.78 is 10.4. The van der Waals surface area contributed by atoms with E-state index in [9.17, 15) is 19.2 Å². The molecular formula is C26H32N2O6S. The second kappa shape index (κ2) is 11.5. The Morgan fingerprint density at radius 3 is 2.49 bits per heavy atom. The van der Waals surface area contributed by atoms with Crippen molar-refractivity contribution < 1.29 is 28.7 Å². The Kier molecular flexibility index (Phi) is 8.67. The number of carbonyl (C=O) groups excluding carboxylic acids is 4. The third kappa shape index (κ3) is 6.69. The first-order valence-corrected chi connectivity index (χ1v) is 12.6. The molecule has 0 saturated heterocycles. The van der Waals surface area contributed by atoms with Gasteiger partial charge in [-0.05, 0) is 70.6 Å². The van der Waals surface area contributed by atoms with E-state index in [2.05, 4.69) is 17.6 Å². The van der Waals surface area contributed by atoms with Gasteiger partial charge in [0.05, 0.1) is 12.2 Å². The maximum absolute atomic E-state index is 12.8. The molecule has 3 rings (SSSR count). The quantitative estimate of drug-likeness (QED) is 0.531. The standard InChI is InChI=1S/C26H32N2O6S/c1-6-33-26(32)22-19-8-7-14(2)12-20(19)35-25(22)28-23(30)17(5)34-21(29)13-27-24(31)18-10-15(3)9-16(4)11-18/h9-11,14,17H,6-8,12-13H2,1-5H3,(H,27,31)(H,28,30)/t14-,17+/m1/s1. The molecule has 9 heteroatoms. The van der Waals surface area contributed by atoms with Crippen LogP contribution in [0.2, 0.25) is 0 Å². The fourth-order valence-electron chi connectivity index (χ4n) is 4.12. The molecule has 0 aliphatic heterocycles. The molecular weight excluding hydrogens is 468 g/mol. The first-order valence-electron chi connectivity index (χ1n) is 11.8. The van der Waals surface area contributed by atoms with Crippen LogP contribution in [0.15, 0.2) is 18.2 Å². The minimum Gasteiger partial charge on any atom is -0.462 e. The highest BCUT2D eigenvalue weighted by atomic mass is 32.1. The van der Waals surface area contributed by atoms with Crippen LogP contribution >= 0.6 is 11.3 Å². The number of carbonyl (C=O) groups is 4. The number of hydrogen-bond acceptors (Lipinski definition) is 7. The number of hydrogen-bond donors (Lipinski definition) is 2. The first-order chi connectivity index (χ1) is 16.6. The summed E-state index contributed by atoms with van der Waals surface area (Å²) in [5.41, 5.74) is 3.65. The Morgan fingerprint density at radius 1 is 1.14 bits per heavy atom. The molecule has 8 nitrogen and oxygen atoms in total. The van der Waals surface area contributed by atoms with Crippen molar-refractivity contribution >= 4 is 40.1 Å². The van der Waals surface area contributed by atoms with Crippen molar-refractivity contribution in [2.24, 2.45) is 5.92 Å². The molecule has 0 saturated carbocycles. The summed E-state index contributed by atoms with van der Waals surface area (Å²) in [4.78, 5) is 51.1. The average Bonchev–Trinajstić information content (AvgIpc) is 3.13. The van der Waals surface area contributed by atoms with Crippen LogP contribution in [0.5, 0.6) is 0 Å². The number of esters is 2. The van der Waals surface area contributed by atoms with Gasteiger partial charge in [0.15, 0.2) is 6.10 Å². The number of nitrogens with one attached hydrogen (secondary N) is 2. The Morgan fingerprint density at radius 2 is 1.83 bits per heavy atom. The normalized spacial score (nSPS) is 15.5. The topological polar surface area (TPSA) is 111 Å². The fourth-order valence-corrected chi connectivity index (χ4v) is 5.53. The van der Waals surface area contributed by atoms with E-state index in [0.717, 1.165) is 40.8 Å². The molecule has 1 aliphatic carbocycles. The molecule has 0 fully saturated rings. The molecule has 35 heavy (non-hydrogen) atoms. The van der Waals surface area contributed by atoms with Crippen molar-refractivity contribution in [1.82, 2.24) is 5.32 Å². The number of benzene rings is 1. The fraction of sp³-hybridized carbons (Fsp3) is 0.462. The van der Waals surface area contributed by atoms with Crippen LogP contribution in [-0.4, -0.2) is 43.0 Å². The largest absolute Gasteiger partial charge is 0.462 e. The Labute approximate surface area is 209 Å². The van der Waals surface area contributed by atoms with Crippen molar-refractivity contribution in [3.63, 3.8) is 0 Å². The van der Waals surface area contributed by atoms with Gasteiger partial charge in [0.25, 0.3) is 11.8 Å². The second-order valence-electron chi connectivity index (χ2n) is 8.96. The van der Waals surface area contributed by atoms with Gasteiger partial charge >= 0.3 is 11.9 Å². The van der Waals surface area contributed by atoms with Crippen molar-refractivity contribution in [3.05, 3.63) is 50.9 Å². The summed E-state index contributed by atoms with van der Waals surface area (Å²) in [6, 6.07) is 5.40. The summed E-state index contributed by atoms with van der Waals surface area (Å²) in [5, 5.41) is 5.68. The maximum Gasteiger partial charge on any atom is 0.341 e. The number of anilines is 1. The summed E-state index contributed by atoms with van der Waals surface area (Å²) >= 11 is 1.37. The van der Waals surface area contributed by atoms with Gasteiger partial charge in [-0.1, -0.05) is 24.1 Å². The van der Waals surface area contributed by atoms with Gasteiger partial charge in [0.2, 0.25) is 0 Å².